The van der Waals surface area contributed by atoms with E-state index in [-0.39, 0.29) is 17.2 Å². The third-order valence-corrected chi connectivity index (χ3v) is 4.22. The lowest BCUT2D eigenvalue weighted by Crippen LogP contribution is -2.13. The fourth-order valence-corrected chi connectivity index (χ4v) is 2.76. The molecular formula is C20H14Cl2N4O3. The Kier molecular flexibility index (Phi) is 6.50. The van der Waals surface area contributed by atoms with Crippen molar-refractivity contribution >= 4 is 40.9 Å². The molecule has 1 N–H and O–H groups in total. The summed E-state index contributed by atoms with van der Waals surface area (Å²) in [5.74, 6) is 0.909. The molecule has 0 fully saturated rings. The Labute approximate surface area is 176 Å². The van der Waals surface area contributed by atoms with E-state index in [1.54, 1.807) is 43.3 Å². The number of halogens is 2. The van der Waals surface area contributed by atoms with Gasteiger partial charge in [0.1, 0.15) is 17.4 Å². The van der Waals surface area contributed by atoms with Crippen molar-refractivity contribution in [3.63, 3.8) is 0 Å². The van der Waals surface area contributed by atoms with Crippen molar-refractivity contribution in [2.45, 2.75) is 13.5 Å². The Morgan fingerprint density at radius 2 is 2.03 bits per heavy atom. The molecule has 0 aliphatic heterocycles. The molecule has 0 unspecified atom stereocenters. The topological polar surface area (TPSA) is 101 Å². The van der Waals surface area contributed by atoms with Gasteiger partial charge in [-0.25, -0.2) is 0 Å². The largest absolute Gasteiger partial charge is 0.485 e. The van der Waals surface area contributed by atoms with Crippen LogP contribution in [0.25, 0.3) is 6.08 Å². The summed E-state index contributed by atoms with van der Waals surface area (Å²) in [6, 6.07) is 13.4. The lowest BCUT2D eigenvalue weighted by Gasteiger charge is -2.07. The highest BCUT2D eigenvalue weighted by molar-refractivity contribution is 6.36. The lowest BCUT2D eigenvalue weighted by molar-refractivity contribution is -0.112. The van der Waals surface area contributed by atoms with Crippen LogP contribution in [-0.2, 0) is 11.4 Å². The number of anilines is 1. The highest BCUT2D eigenvalue weighted by Crippen LogP contribution is 2.26. The van der Waals surface area contributed by atoms with E-state index in [0.717, 1.165) is 0 Å². The molecule has 0 atom stereocenters. The Hall–Kier alpha value is -3.34. The normalized spacial score (nSPS) is 11.0. The first kappa shape index (κ1) is 20.4. The third kappa shape index (κ3) is 5.57. The van der Waals surface area contributed by atoms with Crippen LogP contribution in [0.1, 0.15) is 17.3 Å². The van der Waals surface area contributed by atoms with E-state index in [9.17, 15) is 10.1 Å². The van der Waals surface area contributed by atoms with Crippen LogP contribution >= 0.6 is 23.2 Å². The quantitative estimate of drug-likeness (QED) is 0.446. The predicted molar refractivity (Wildman–Crippen MR) is 108 cm³/mol. The number of aryl methyl sites for hydroxylation is 1. The second kappa shape index (κ2) is 9.24. The zero-order valence-electron chi connectivity index (χ0n) is 15.1. The standard InChI is InChI=1S/C20H14Cl2N4O3/c1-12-24-19(26-29-12)11-28-16-5-2-13(3-6-16)8-14(10-23)20(27)25-18-7-4-15(21)9-17(18)22/h2-9H,11H2,1H3,(H,25,27)/b14-8+. The highest BCUT2D eigenvalue weighted by atomic mass is 35.5. The summed E-state index contributed by atoms with van der Waals surface area (Å²) in [4.78, 5) is 16.4. The smallest absolute Gasteiger partial charge is 0.266 e. The van der Waals surface area contributed by atoms with Crippen molar-refractivity contribution < 1.29 is 14.1 Å². The summed E-state index contributed by atoms with van der Waals surface area (Å²) in [7, 11) is 0. The number of nitrogens with zero attached hydrogens (tertiary/aromatic N) is 3. The number of amides is 1. The van der Waals surface area contributed by atoms with Crippen molar-refractivity contribution in [3.8, 4) is 11.8 Å². The van der Waals surface area contributed by atoms with Crippen LogP contribution in [0.3, 0.4) is 0 Å². The van der Waals surface area contributed by atoms with Crippen LogP contribution < -0.4 is 10.1 Å². The first-order valence-corrected chi connectivity index (χ1v) is 9.10. The molecule has 29 heavy (non-hydrogen) atoms. The van der Waals surface area contributed by atoms with E-state index in [0.29, 0.717) is 33.7 Å². The summed E-state index contributed by atoms with van der Waals surface area (Å²) >= 11 is 11.9. The monoisotopic (exact) mass is 428 g/mol. The van der Waals surface area contributed by atoms with E-state index >= 15 is 0 Å². The third-order valence-electron chi connectivity index (χ3n) is 3.67. The van der Waals surface area contributed by atoms with Crippen molar-refractivity contribution in [3.05, 3.63) is 75.4 Å². The number of hydrogen-bond acceptors (Lipinski definition) is 6. The number of nitriles is 1. The van der Waals surface area contributed by atoms with Crippen molar-refractivity contribution in [2.75, 3.05) is 5.32 Å². The van der Waals surface area contributed by atoms with Gasteiger partial charge in [-0.1, -0.05) is 40.5 Å². The molecule has 7 nitrogen and oxygen atoms in total. The van der Waals surface area contributed by atoms with Crippen molar-refractivity contribution in [2.24, 2.45) is 0 Å². The molecule has 0 aliphatic carbocycles. The molecule has 0 bridgehead atoms. The number of aromatic nitrogens is 2. The molecule has 3 rings (SSSR count). The summed E-state index contributed by atoms with van der Waals surface area (Å²) < 4.78 is 10.4. The average molecular weight is 429 g/mol. The van der Waals surface area contributed by atoms with Gasteiger partial charge in [0.05, 0.1) is 10.7 Å². The van der Waals surface area contributed by atoms with Gasteiger partial charge in [-0.2, -0.15) is 10.2 Å². The SMILES string of the molecule is Cc1nc(COc2ccc(/C=C(\C#N)C(=O)Nc3ccc(Cl)cc3Cl)cc2)no1. The first-order chi connectivity index (χ1) is 13.9. The van der Waals surface area contributed by atoms with Gasteiger partial charge < -0.3 is 14.6 Å². The minimum Gasteiger partial charge on any atom is -0.485 e. The number of carbonyl (C=O) groups excluding carboxylic acids is 1. The van der Waals surface area contributed by atoms with Crippen LogP contribution in [0.2, 0.25) is 10.0 Å². The lowest BCUT2D eigenvalue weighted by atomic mass is 10.1. The number of ether oxygens (including phenoxy) is 1. The van der Waals surface area contributed by atoms with E-state index < -0.39 is 5.91 Å². The van der Waals surface area contributed by atoms with Gasteiger partial charge in [-0.3, -0.25) is 4.79 Å². The zero-order valence-corrected chi connectivity index (χ0v) is 16.7. The van der Waals surface area contributed by atoms with Crippen LogP contribution in [-0.4, -0.2) is 16.0 Å². The number of carbonyl (C=O) groups is 1. The Balaban J connectivity index is 1.66. The Morgan fingerprint density at radius 1 is 1.28 bits per heavy atom. The van der Waals surface area contributed by atoms with Gasteiger partial charge in [0.25, 0.3) is 5.91 Å². The van der Waals surface area contributed by atoms with E-state index in [2.05, 4.69) is 15.5 Å². The van der Waals surface area contributed by atoms with Crippen LogP contribution in [0.15, 0.2) is 52.6 Å². The molecule has 1 amide bonds. The minimum atomic E-state index is -0.579. The molecule has 9 heteroatoms. The molecule has 1 aromatic heterocycles. The second-order valence-corrected chi connectivity index (χ2v) is 6.68. The van der Waals surface area contributed by atoms with E-state index in [1.165, 1.54) is 12.1 Å². The maximum atomic E-state index is 12.4. The van der Waals surface area contributed by atoms with Crippen LogP contribution in [0.5, 0.6) is 5.75 Å². The van der Waals surface area contributed by atoms with Gasteiger partial charge in [0.15, 0.2) is 6.61 Å². The number of benzene rings is 2. The highest BCUT2D eigenvalue weighted by Gasteiger charge is 2.12. The zero-order chi connectivity index (χ0) is 20.8. The van der Waals surface area contributed by atoms with Crippen molar-refractivity contribution in [1.29, 1.82) is 5.26 Å². The van der Waals surface area contributed by atoms with Gasteiger partial charge in [0.2, 0.25) is 11.7 Å². The van der Waals surface area contributed by atoms with Gasteiger partial charge in [-0.05, 0) is 42.0 Å². The Bertz CT molecular complexity index is 1100. The number of hydrogen-bond donors (Lipinski definition) is 1. The van der Waals surface area contributed by atoms with Crippen LogP contribution in [0.4, 0.5) is 5.69 Å². The van der Waals surface area contributed by atoms with Gasteiger partial charge in [-0.15, -0.1) is 0 Å². The fourth-order valence-electron chi connectivity index (χ4n) is 2.30. The number of rotatable bonds is 6. The molecule has 2 aromatic carbocycles. The molecule has 0 saturated carbocycles. The predicted octanol–water partition coefficient (Wildman–Crippen LogP) is 4.81. The molecule has 0 aliphatic rings. The molecule has 0 saturated heterocycles. The van der Waals surface area contributed by atoms with Gasteiger partial charge >= 0.3 is 0 Å². The van der Waals surface area contributed by atoms with E-state index in [4.69, 9.17) is 32.5 Å². The molecule has 1 heterocycles. The number of nitrogens with one attached hydrogen (secondary N) is 1. The molecule has 3 aromatic rings. The molecule has 146 valence electrons. The Morgan fingerprint density at radius 3 is 2.66 bits per heavy atom. The summed E-state index contributed by atoms with van der Waals surface area (Å²) in [5.41, 5.74) is 0.941. The van der Waals surface area contributed by atoms with Crippen molar-refractivity contribution in [1.82, 2.24) is 10.1 Å². The van der Waals surface area contributed by atoms with Gasteiger partial charge in [0, 0.05) is 11.9 Å². The maximum absolute atomic E-state index is 12.4. The molecule has 0 spiro atoms. The fraction of sp³-hybridized carbons (Fsp3) is 0.100. The second-order valence-electron chi connectivity index (χ2n) is 5.84. The maximum Gasteiger partial charge on any atom is 0.266 e. The minimum absolute atomic E-state index is 0.0769. The van der Waals surface area contributed by atoms with E-state index in [1.807, 2.05) is 6.07 Å². The average Bonchev–Trinajstić information content (AvgIpc) is 3.12. The van der Waals surface area contributed by atoms with Crippen LogP contribution in [0, 0.1) is 18.3 Å². The first-order valence-electron chi connectivity index (χ1n) is 8.35. The summed E-state index contributed by atoms with van der Waals surface area (Å²) in [5, 5.41) is 16.4. The summed E-state index contributed by atoms with van der Waals surface area (Å²) in [6.07, 6.45) is 1.46. The molecule has 0 radical (unpaired) electrons. The summed E-state index contributed by atoms with van der Waals surface area (Å²) in [6.45, 7) is 1.86. The molecular weight excluding hydrogens is 415 g/mol.